The van der Waals surface area contributed by atoms with Gasteiger partial charge in [0.25, 0.3) is 0 Å². The zero-order chi connectivity index (χ0) is 12.8. The molecule has 0 fully saturated rings. The molecule has 94 valence electrons. The van der Waals surface area contributed by atoms with Crippen LogP contribution in [-0.4, -0.2) is 19.1 Å². The van der Waals surface area contributed by atoms with Crippen molar-refractivity contribution < 1.29 is 13.9 Å². The highest BCUT2D eigenvalue weighted by atomic mass is 35.5. The quantitative estimate of drug-likeness (QED) is 0.826. The maximum absolute atomic E-state index is 13.3. The number of halogens is 2. The third-order valence-corrected chi connectivity index (χ3v) is 2.57. The summed E-state index contributed by atoms with van der Waals surface area (Å²) >= 11 is 5.96. The summed E-state index contributed by atoms with van der Waals surface area (Å²) in [4.78, 5) is 11.0. The number of carbonyl (C=O) groups is 1. The Morgan fingerprint density at radius 3 is 2.88 bits per heavy atom. The molecule has 0 saturated heterocycles. The first kappa shape index (κ1) is 13.9. The Labute approximate surface area is 105 Å². The highest BCUT2D eigenvalue weighted by Crippen LogP contribution is 2.20. The zero-order valence-corrected chi connectivity index (χ0v) is 10.6. The number of carbonyl (C=O) groups excluding carboxylic acids is 1. The van der Waals surface area contributed by atoms with Gasteiger partial charge in [-0.1, -0.05) is 11.6 Å². The predicted octanol–water partition coefficient (Wildman–Crippen LogP) is 2.44. The topological polar surface area (TPSA) is 38.3 Å². The second-order valence-corrected chi connectivity index (χ2v) is 4.01. The summed E-state index contributed by atoms with van der Waals surface area (Å²) in [5, 5.41) is 3.33. The molecule has 17 heavy (non-hydrogen) atoms. The van der Waals surface area contributed by atoms with Crippen molar-refractivity contribution in [3.05, 3.63) is 34.1 Å². The van der Waals surface area contributed by atoms with Crippen molar-refractivity contribution in [1.29, 1.82) is 0 Å². The number of esters is 1. The van der Waals surface area contributed by atoms with Crippen LogP contribution in [0.1, 0.15) is 18.1 Å². The molecule has 0 aliphatic heterocycles. The molecule has 0 radical (unpaired) electrons. The minimum atomic E-state index is -0.337. The molecule has 0 unspecified atom stereocenters. The number of rotatable bonds is 5. The van der Waals surface area contributed by atoms with E-state index >= 15 is 0 Å². The number of nitrogens with one attached hydrogen (secondary N) is 1. The maximum atomic E-state index is 13.3. The van der Waals surface area contributed by atoms with Gasteiger partial charge in [0.05, 0.1) is 13.2 Å². The van der Waals surface area contributed by atoms with Crippen LogP contribution in [0.3, 0.4) is 0 Å². The summed E-state index contributed by atoms with van der Waals surface area (Å²) in [5.74, 6) is -0.640. The number of hydrogen-bond acceptors (Lipinski definition) is 3. The standard InChI is InChI=1S/C12H15ClFNO2/c1-3-17-12(16)7-15-6-9-5-11(14)8(2)4-10(9)13/h4-5,15H,3,6-7H2,1-2H3. The van der Waals surface area contributed by atoms with Crippen molar-refractivity contribution in [3.8, 4) is 0 Å². The minimum Gasteiger partial charge on any atom is -0.465 e. The Morgan fingerprint density at radius 2 is 2.24 bits per heavy atom. The Hall–Kier alpha value is -1.13. The van der Waals surface area contributed by atoms with E-state index in [1.54, 1.807) is 19.9 Å². The largest absolute Gasteiger partial charge is 0.465 e. The molecule has 3 nitrogen and oxygen atoms in total. The maximum Gasteiger partial charge on any atom is 0.319 e. The molecule has 0 heterocycles. The zero-order valence-electron chi connectivity index (χ0n) is 9.85. The molecule has 0 saturated carbocycles. The fourth-order valence-corrected chi connectivity index (χ4v) is 1.62. The van der Waals surface area contributed by atoms with Crippen LogP contribution in [0.4, 0.5) is 4.39 Å². The number of hydrogen-bond donors (Lipinski definition) is 1. The van der Waals surface area contributed by atoms with Crippen LogP contribution in [0.5, 0.6) is 0 Å². The van der Waals surface area contributed by atoms with Crippen molar-refractivity contribution in [2.75, 3.05) is 13.2 Å². The molecule has 0 aromatic heterocycles. The Morgan fingerprint density at radius 1 is 1.53 bits per heavy atom. The van der Waals surface area contributed by atoms with Crippen LogP contribution in [0.2, 0.25) is 5.02 Å². The molecule has 0 bridgehead atoms. The van der Waals surface area contributed by atoms with E-state index in [9.17, 15) is 9.18 Å². The van der Waals surface area contributed by atoms with Gasteiger partial charge < -0.3 is 10.1 Å². The normalized spacial score (nSPS) is 10.4. The van der Waals surface area contributed by atoms with Crippen LogP contribution in [0, 0.1) is 12.7 Å². The summed E-state index contributed by atoms with van der Waals surface area (Å²) in [6.45, 7) is 4.15. The summed E-state index contributed by atoms with van der Waals surface area (Å²) in [6, 6.07) is 2.94. The van der Waals surface area contributed by atoms with Crippen LogP contribution in [-0.2, 0) is 16.1 Å². The summed E-state index contributed by atoms with van der Waals surface area (Å²) in [7, 11) is 0. The van der Waals surface area contributed by atoms with E-state index in [0.717, 1.165) is 0 Å². The van der Waals surface area contributed by atoms with Crippen LogP contribution in [0.25, 0.3) is 0 Å². The van der Waals surface area contributed by atoms with Crippen molar-refractivity contribution in [2.24, 2.45) is 0 Å². The number of aryl methyl sites for hydroxylation is 1. The van der Waals surface area contributed by atoms with Crippen LogP contribution in [0.15, 0.2) is 12.1 Å². The lowest BCUT2D eigenvalue weighted by molar-refractivity contribution is -0.142. The lowest BCUT2D eigenvalue weighted by Gasteiger charge is -2.08. The average molecular weight is 260 g/mol. The molecule has 5 heteroatoms. The van der Waals surface area contributed by atoms with Gasteiger partial charge in [-0.2, -0.15) is 0 Å². The predicted molar refractivity (Wildman–Crippen MR) is 64.5 cm³/mol. The summed E-state index contributed by atoms with van der Waals surface area (Å²) in [6.07, 6.45) is 0. The monoisotopic (exact) mass is 259 g/mol. The molecule has 0 aliphatic carbocycles. The highest BCUT2D eigenvalue weighted by molar-refractivity contribution is 6.31. The Bertz CT molecular complexity index is 410. The van der Waals surface area contributed by atoms with Gasteiger partial charge in [0.1, 0.15) is 5.82 Å². The molecule has 0 atom stereocenters. The van der Waals surface area contributed by atoms with Crippen molar-refractivity contribution in [2.45, 2.75) is 20.4 Å². The third-order valence-electron chi connectivity index (χ3n) is 2.22. The fourth-order valence-electron chi connectivity index (χ4n) is 1.33. The molecule has 1 rings (SSSR count). The molecule has 0 amide bonds. The van der Waals surface area contributed by atoms with Gasteiger partial charge in [0.2, 0.25) is 0 Å². The number of benzene rings is 1. The lowest BCUT2D eigenvalue weighted by Crippen LogP contribution is -2.24. The van der Waals surface area contributed by atoms with Crippen molar-refractivity contribution in [3.63, 3.8) is 0 Å². The van der Waals surface area contributed by atoms with Crippen LogP contribution >= 0.6 is 11.6 Å². The third kappa shape index (κ3) is 4.32. The van der Waals surface area contributed by atoms with Gasteiger partial charge in [-0.15, -0.1) is 0 Å². The van der Waals surface area contributed by atoms with Crippen LogP contribution < -0.4 is 5.32 Å². The second kappa shape index (κ2) is 6.57. The fraction of sp³-hybridized carbons (Fsp3) is 0.417. The Kier molecular flexibility index (Phi) is 5.38. The van der Waals surface area contributed by atoms with E-state index in [1.165, 1.54) is 6.07 Å². The van der Waals surface area contributed by atoms with Crippen molar-refractivity contribution in [1.82, 2.24) is 5.32 Å². The van der Waals surface area contributed by atoms with Gasteiger partial charge in [-0.25, -0.2) is 4.39 Å². The Balaban J connectivity index is 2.52. The smallest absolute Gasteiger partial charge is 0.319 e. The highest BCUT2D eigenvalue weighted by Gasteiger charge is 2.06. The summed E-state index contributed by atoms with van der Waals surface area (Å²) in [5.41, 5.74) is 1.13. The first-order valence-corrected chi connectivity index (χ1v) is 5.73. The van der Waals surface area contributed by atoms with Gasteiger partial charge in [0.15, 0.2) is 0 Å². The lowest BCUT2D eigenvalue weighted by atomic mass is 10.1. The SMILES string of the molecule is CCOC(=O)CNCc1cc(F)c(C)cc1Cl. The average Bonchev–Trinajstić information content (AvgIpc) is 2.26. The molecule has 0 spiro atoms. The molecular formula is C12H15ClFNO2. The molecule has 1 N–H and O–H groups in total. The van der Waals surface area contributed by atoms with Gasteiger partial charge in [-0.05, 0) is 37.1 Å². The molecular weight excluding hydrogens is 245 g/mol. The first-order valence-electron chi connectivity index (χ1n) is 5.35. The van der Waals surface area contributed by atoms with E-state index < -0.39 is 0 Å². The minimum absolute atomic E-state index is 0.0830. The molecule has 0 aliphatic rings. The van der Waals surface area contributed by atoms with Gasteiger partial charge in [-0.3, -0.25) is 4.79 Å². The number of ether oxygens (including phenoxy) is 1. The summed E-state index contributed by atoms with van der Waals surface area (Å²) < 4.78 is 18.0. The molecule has 1 aromatic rings. The van der Waals surface area contributed by atoms with E-state index in [4.69, 9.17) is 16.3 Å². The van der Waals surface area contributed by atoms with E-state index in [-0.39, 0.29) is 18.3 Å². The van der Waals surface area contributed by atoms with Gasteiger partial charge in [0, 0.05) is 11.6 Å². The van der Waals surface area contributed by atoms with Gasteiger partial charge >= 0.3 is 5.97 Å². The van der Waals surface area contributed by atoms with E-state index in [2.05, 4.69) is 5.32 Å². The van der Waals surface area contributed by atoms with E-state index in [0.29, 0.717) is 29.3 Å². The second-order valence-electron chi connectivity index (χ2n) is 3.60. The molecule has 1 aromatic carbocycles. The van der Waals surface area contributed by atoms with Crippen molar-refractivity contribution >= 4 is 17.6 Å². The van der Waals surface area contributed by atoms with E-state index in [1.807, 2.05) is 0 Å². The first-order chi connectivity index (χ1) is 8.04.